The Balaban J connectivity index is 4.65. The molecule has 0 heterocycles. The number of aliphatic hydroxyl groups is 1. The third kappa shape index (κ3) is 6.09. The van der Waals surface area contributed by atoms with E-state index in [4.69, 9.17) is 5.11 Å². The summed E-state index contributed by atoms with van der Waals surface area (Å²) in [5.74, 6) is 0. The van der Waals surface area contributed by atoms with Crippen LogP contribution in [0.5, 0.6) is 0 Å². The maximum Gasteiger partial charge on any atom is 0.277 e. The van der Waals surface area contributed by atoms with Gasteiger partial charge in [-0.15, -0.1) is 0 Å². The molecule has 0 aliphatic carbocycles. The van der Waals surface area contributed by atoms with Crippen molar-refractivity contribution in [1.29, 1.82) is 0 Å². The molecule has 15 heavy (non-hydrogen) atoms. The van der Waals surface area contributed by atoms with Crippen molar-refractivity contribution in [3.05, 3.63) is 0 Å². The second kappa shape index (κ2) is 4.78. The maximum atomic E-state index is 11.6. The predicted molar refractivity (Wildman–Crippen MR) is 60.7 cm³/mol. The fraction of sp³-hybridized carbons (Fsp3) is 1.00. The smallest absolute Gasteiger partial charge is 0.277 e. The Kier molecular flexibility index (Phi) is 4.72. The van der Waals surface area contributed by atoms with Gasteiger partial charge < -0.3 is 5.11 Å². The summed E-state index contributed by atoms with van der Waals surface area (Å²) in [6.07, 6.45) is 0.522. The standard InChI is InChI=1S/C9H22N2O3S/c1-6-9(5,7-12)11-15(13,14)10-8(2,3)4/h10-12H,6-7H2,1-5H3. The third-order valence-electron chi connectivity index (χ3n) is 1.95. The van der Waals surface area contributed by atoms with Crippen molar-refractivity contribution in [3.63, 3.8) is 0 Å². The summed E-state index contributed by atoms with van der Waals surface area (Å²) in [6.45, 7) is 8.52. The normalized spacial score (nSPS) is 17.5. The molecule has 0 saturated heterocycles. The molecule has 1 unspecified atom stereocenters. The largest absolute Gasteiger partial charge is 0.394 e. The van der Waals surface area contributed by atoms with Crippen molar-refractivity contribution in [2.24, 2.45) is 0 Å². The minimum atomic E-state index is -3.58. The lowest BCUT2D eigenvalue weighted by Gasteiger charge is -2.29. The molecule has 0 rings (SSSR count). The van der Waals surface area contributed by atoms with Crippen LogP contribution in [0.3, 0.4) is 0 Å². The van der Waals surface area contributed by atoms with Gasteiger partial charge in [-0.2, -0.15) is 17.9 Å². The molecule has 0 bridgehead atoms. The van der Waals surface area contributed by atoms with Crippen molar-refractivity contribution in [2.45, 2.75) is 52.1 Å². The van der Waals surface area contributed by atoms with Crippen LogP contribution < -0.4 is 9.44 Å². The predicted octanol–water partition coefficient (Wildman–Crippen LogP) is 0.370. The van der Waals surface area contributed by atoms with E-state index in [2.05, 4.69) is 9.44 Å². The number of aliphatic hydroxyl groups excluding tert-OH is 1. The lowest BCUT2D eigenvalue weighted by atomic mass is 10.0. The SMILES string of the molecule is CCC(C)(CO)NS(=O)(=O)NC(C)(C)C. The van der Waals surface area contributed by atoms with Crippen LogP contribution in [0, 0.1) is 0 Å². The van der Waals surface area contributed by atoms with Gasteiger partial charge in [-0.25, -0.2) is 0 Å². The monoisotopic (exact) mass is 238 g/mol. The Hall–Kier alpha value is -0.170. The summed E-state index contributed by atoms with van der Waals surface area (Å²) in [5.41, 5.74) is -1.34. The van der Waals surface area contributed by atoms with E-state index in [1.165, 1.54) is 0 Å². The molecule has 3 N–H and O–H groups in total. The second-order valence-electron chi connectivity index (χ2n) is 5.03. The maximum absolute atomic E-state index is 11.6. The van der Waals surface area contributed by atoms with Crippen molar-refractivity contribution in [2.75, 3.05) is 6.61 Å². The average molecular weight is 238 g/mol. The molecule has 0 aromatic carbocycles. The zero-order chi connectivity index (χ0) is 12.3. The van der Waals surface area contributed by atoms with Crippen LogP contribution in [-0.2, 0) is 10.2 Å². The zero-order valence-corrected chi connectivity index (χ0v) is 10.9. The Labute approximate surface area is 92.4 Å². The summed E-state index contributed by atoms with van der Waals surface area (Å²) >= 11 is 0. The lowest BCUT2D eigenvalue weighted by Crippen LogP contribution is -2.55. The molecular formula is C9H22N2O3S. The first-order chi connectivity index (χ1) is 6.54. The van der Waals surface area contributed by atoms with Gasteiger partial charge in [-0.1, -0.05) is 6.92 Å². The summed E-state index contributed by atoms with van der Waals surface area (Å²) in [4.78, 5) is 0. The van der Waals surface area contributed by atoms with Gasteiger partial charge >= 0.3 is 0 Å². The average Bonchev–Trinajstić information content (AvgIpc) is 1.98. The number of hydrogen-bond donors (Lipinski definition) is 3. The van der Waals surface area contributed by atoms with E-state index >= 15 is 0 Å². The summed E-state index contributed by atoms with van der Waals surface area (Å²) in [6, 6.07) is 0. The molecule has 1 atom stereocenters. The van der Waals surface area contributed by atoms with Gasteiger partial charge in [0.25, 0.3) is 10.2 Å². The van der Waals surface area contributed by atoms with Crippen LogP contribution in [0.15, 0.2) is 0 Å². The van der Waals surface area contributed by atoms with Crippen molar-refractivity contribution in [3.8, 4) is 0 Å². The summed E-state index contributed by atoms with van der Waals surface area (Å²) in [7, 11) is -3.58. The number of hydrogen-bond acceptors (Lipinski definition) is 3. The van der Waals surface area contributed by atoms with E-state index in [0.717, 1.165) is 0 Å². The van der Waals surface area contributed by atoms with Crippen molar-refractivity contribution in [1.82, 2.24) is 9.44 Å². The molecule has 92 valence electrons. The molecule has 0 aliphatic heterocycles. The Bertz CT molecular complexity index is 289. The van der Waals surface area contributed by atoms with Gasteiger partial charge in [0.15, 0.2) is 0 Å². The van der Waals surface area contributed by atoms with E-state index in [0.29, 0.717) is 6.42 Å². The highest BCUT2D eigenvalue weighted by atomic mass is 32.2. The number of nitrogens with one attached hydrogen (secondary N) is 2. The van der Waals surface area contributed by atoms with Gasteiger partial charge in [0.2, 0.25) is 0 Å². The van der Waals surface area contributed by atoms with E-state index in [9.17, 15) is 8.42 Å². The highest BCUT2D eigenvalue weighted by molar-refractivity contribution is 7.87. The molecule has 0 spiro atoms. The van der Waals surface area contributed by atoms with E-state index < -0.39 is 21.3 Å². The van der Waals surface area contributed by atoms with Crippen LogP contribution in [0.25, 0.3) is 0 Å². The van der Waals surface area contributed by atoms with Crippen molar-refractivity contribution >= 4 is 10.2 Å². The number of rotatable bonds is 5. The topological polar surface area (TPSA) is 78.4 Å². The molecule has 0 aromatic rings. The Morgan fingerprint density at radius 3 is 1.87 bits per heavy atom. The molecule has 0 aliphatic rings. The third-order valence-corrected chi connectivity index (χ3v) is 3.59. The van der Waals surface area contributed by atoms with Crippen LogP contribution >= 0.6 is 0 Å². The summed E-state index contributed by atoms with van der Waals surface area (Å²) < 4.78 is 28.2. The Morgan fingerprint density at radius 2 is 1.60 bits per heavy atom. The van der Waals surface area contributed by atoms with Crippen LogP contribution in [0.4, 0.5) is 0 Å². The lowest BCUT2D eigenvalue weighted by molar-refractivity contribution is 0.190. The quantitative estimate of drug-likeness (QED) is 0.647. The molecule has 0 amide bonds. The molecule has 0 saturated carbocycles. The highest BCUT2D eigenvalue weighted by Gasteiger charge is 2.29. The molecular weight excluding hydrogens is 216 g/mol. The van der Waals surface area contributed by atoms with Gasteiger partial charge in [-0.3, -0.25) is 0 Å². The van der Waals surface area contributed by atoms with Crippen LogP contribution in [0.1, 0.15) is 41.0 Å². The molecule has 0 fully saturated rings. The van der Waals surface area contributed by atoms with Gasteiger partial charge in [-0.05, 0) is 34.1 Å². The summed E-state index contributed by atoms with van der Waals surface area (Å²) in [5, 5.41) is 9.09. The first-order valence-corrected chi connectivity index (χ1v) is 6.46. The van der Waals surface area contributed by atoms with E-state index in [1.807, 2.05) is 6.92 Å². The first-order valence-electron chi connectivity index (χ1n) is 4.97. The van der Waals surface area contributed by atoms with E-state index in [-0.39, 0.29) is 6.61 Å². The minimum Gasteiger partial charge on any atom is -0.394 e. The van der Waals surface area contributed by atoms with E-state index in [1.54, 1.807) is 27.7 Å². The minimum absolute atomic E-state index is 0.228. The van der Waals surface area contributed by atoms with Gasteiger partial charge in [0.1, 0.15) is 0 Å². The zero-order valence-electron chi connectivity index (χ0n) is 10.1. The van der Waals surface area contributed by atoms with Crippen LogP contribution in [0.2, 0.25) is 0 Å². The molecule has 6 heteroatoms. The molecule has 5 nitrogen and oxygen atoms in total. The fourth-order valence-electron chi connectivity index (χ4n) is 0.969. The second-order valence-corrected chi connectivity index (χ2v) is 6.45. The first kappa shape index (κ1) is 14.8. The van der Waals surface area contributed by atoms with Gasteiger partial charge in [0.05, 0.1) is 12.1 Å². The van der Waals surface area contributed by atoms with Gasteiger partial charge in [0, 0.05) is 5.54 Å². The van der Waals surface area contributed by atoms with Crippen LogP contribution in [-0.4, -0.2) is 31.2 Å². The highest BCUT2D eigenvalue weighted by Crippen LogP contribution is 2.10. The molecule has 0 radical (unpaired) electrons. The fourth-order valence-corrected chi connectivity index (χ4v) is 2.68. The Morgan fingerprint density at radius 1 is 1.13 bits per heavy atom. The van der Waals surface area contributed by atoms with Crippen molar-refractivity contribution < 1.29 is 13.5 Å². The molecule has 0 aromatic heterocycles.